The molecule has 128 valence electrons. The van der Waals surface area contributed by atoms with Crippen LogP contribution in [-0.2, 0) is 0 Å². The Morgan fingerprint density at radius 3 is 1.14 bits per heavy atom. The zero-order chi connectivity index (χ0) is 16.3. The van der Waals surface area contributed by atoms with Crippen LogP contribution in [0.5, 0.6) is 0 Å². The molecular weight excluding hydrogens is 277 g/mol. The van der Waals surface area contributed by atoms with Gasteiger partial charge in [-0.1, -0.05) is 40.0 Å². The summed E-state index contributed by atoms with van der Waals surface area (Å²) in [4.78, 5) is 7.69. The molecule has 0 heterocycles. The van der Waals surface area contributed by atoms with E-state index in [9.17, 15) is 0 Å². The van der Waals surface area contributed by atoms with Crippen molar-refractivity contribution in [2.75, 3.05) is 46.9 Å². The van der Waals surface area contributed by atoms with Gasteiger partial charge in [0.2, 0.25) is 0 Å². The highest BCUT2D eigenvalue weighted by Gasteiger charge is 2.40. The van der Waals surface area contributed by atoms with Gasteiger partial charge < -0.3 is 0 Å². The first-order chi connectivity index (χ1) is 10.0. The Kier molecular flexibility index (Phi) is 12.0. The molecule has 1 atom stereocenters. The van der Waals surface area contributed by atoms with Crippen molar-refractivity contribution in [2.24, 2.45) is 0 Å². The van der Waals surface area contributed by atoms with E-state index in [2.05, 4.69) is 65.9 Å². The quantitative estimate of drug-likeness (QED) is 0.379. The Morgan fingerprint density at radius 1 is 0.667 bits per heavy atom. The van der Waals surface area contributed by atoms with E-state index >= 15 is 0 Å². The summed E-state index contributed by atoms with van der Waals surface area (Å²) >= 11 is 0. The molecule has 4 heteroatoms. The molecule has 0 rings (SSSR count). The predicted molar refractivity (Wildman–Crippen MR) is 99.9 cm³/mol. The van der Waals surface area contributed by atoms with Crippen LogP contribution in [0.3, 0.4) is 0 Å². The van der Waals surface area contributed by atoms with E-state index in [1.807, 2.05) is 0 Å². The maximum absolute atomic E-state index is 3.00. The van der Waals surface area contributed by atoms with E-state index in [0.29, 0.717) is 0 Å². The minimum Gasteiger partial charge on any atom is -0.276 e. The Labute approximate surface area is 136 Å². The third-order valence-electron chi connectivity index (χ3n) is 4.65. The van der Waals surface area contributed by atoms with E-state index in [0.717, 1.165) is 25.8 Å². The Morgan fingerprint density at radius 2 is 0.952 bits per heavy atom. The van der Waals surface area contributed by atoms with Gasteiger partial charge in [-0.25, -0.2) is 0 Å². The molecule has 0 spiro atoms. The largest absolute Gasteiger partial charge is 0.276 e. The van der Waals surface area contributed by atoms with Gasteiger partial charge in [-0.2, -0.15) is 0 Å². The molecule has 0 saturated heterocycles. The lowest BCUT2D eigenvalue weighted by atomic mass is 10.1. The molecule has 0 amide bonds. The molecule has 0 aliphatic carbocycles. The molecule has 0 N–H and O–H groups in total. The van der Waals surface area contributed by atoms with Crippen molar-refractivity contribution in [3.05, 3.63) is 0 Å². The number of hydrogen-bond acceptors (Lipinski definition) is 3. The van der Waals surface area contributed by atoms with Crippen molar-refractivity contribution in [3.63, 3.8) is 0 Å². The highest BCUT2D eigenvalue weighted by atomic mass is 31.0. The summed E-state index contributed by atoms with van der Waals surface area (Å²) < 4.78 is 0. The van der Waals surface area contributed by atoms with Gasteiger partial charge in [0.05, 0.1) is 0 Å². The summed E-state index contributed by atoms with van der Waals surface area (Å²) in [5.74, 6) is 0.0319. The highest BCUT2D eigenvalue weighted by Crippen LogP contribution is 2.26. The van der Waals surface area contributed by atoms with Crippen molar-refractivity contribution >= 4 is 9.24 Å². The normalized spacial score (nSPS) is 12.9. The van der Waals surface area contributed by atoms with Gasteiger partial charge >= 0.3 is 0 Å². The van der Waals surface area contributed by atoms with E-state index in [1.54, 1.807) is 0 Å². The predicted octanol–water partition coefficient (Wildman–Crippen LogP) is 3.71. The Hall–Kier alpha value is 0.310. The van der Waals surface area contributed by atoms with Crippen molar-refractivity contribution in [1.82, 2.24) is 14.7 Å². The summed E-state index contributed by atoms with van der Waals surface area (Å²) in [6.45, 7) is 10.3. The topological polar surface area (TPSA) is 9.72 Å². The van der Waals surface area contributed by atoms with Crippen molar-refractivity contribution in [3.8, 4) is 0 Å². The van der Waals surface area contributed by atoms with E-state index < -0.39 is 0 Å². The maximum atomic E-state index is 3.00. The summed E-state index contributed by atoms with van der Waals surface area (Å²) in [5.41, 5.74) is 0. The molecule has 0 fully saturated rings. The minimum atomic E-state index is 0.0319. The van der Waals surface area contributed by atoms with Crippen LogP contribution < -0.4 is 0 Å². The van der Waals surface area contributed by atoms with Gasteiger partial charge in [0.25, 0.3) is 0 Å². The fourth-order valence-electron chi connectivity index (χ4n) is 3.06. The number of unbranched alkanes of at least 4 members (excludes halogenated alkanes) is 3. The first-order valence-corrected chi connectivity index (χ1v) is 9.66. The van der Waals surface area contributed by atoms with E-state index in [-0.39, 0.29) is 5.79 Å². The van der Waals surface area contributed by atoms with Crippen LogP contribution in [0.2, 0.25) is 0 Å². The highest BCUT2D eigenvalue weighted by molar-refractivity contribution is 7.16. The molecule has 0 aromatic heterocycles. The summed E-state index contributed by atoms with van der Waals surface area (Å²) in [5, 5.41) is 0. The van der Waals surface area contributed by atoms with E-state index in [4.69, 9.17) is 0 Å². The van der Waals surface area contributed by atoms with Gasteiger partial charge in [-0.05, 0) is 40.4 Å². The van der Waals surface area contributed by atoms with Crippen molar-refractivity contribution in [2.45, 2.75) is 65.1 Å². The number of rotatable bonds is 13. The van der Waals surface area contributed by atoms with Crippen LogP contribution in [0.1, 0.15) is 59.3 Å². The van der Waals surface area contributed by atoms with Gasteiger partial charge in [-0.15, -0.1) is 9.24 Å². The third-order valence-corrected chi connectivity index (χ3v) is 5.20. The van der Waals surface area contributed by atoms with Crippen LogP contribution in [-0.4, -0.2) is 67.4 Å². The lowest BCUT2D eigenvalue weighted by Gasteiger charge is -2.53. The molecule has 0 saturated carbocycles. The number of hydrogen-bond donors (Lipinski definition) is 0. The number of nitrogens with zero attached hydrogens (tertiary/aromatic N) is 3. The zero-order valence-electron chi connectivity index (χ0n) is 15.5. The molecule has 3 nitrogen and oxygen atoms in total. The summed E-state index contributed by atoms with van der Waals surface area (Å²) in [6, 6.07) is 0. The van der Waals surface area contributed by atoms with E-state index in [1.165, 1.54) is 38.5 Å². The average Bonchev–Trinajstić information content (AvgIpc) is 2.49. The minimum absolute atomic E-state index is 0.0319. The molecule has 0 aliphatic heterocycles. The molecule has 0 bridgehead atoms. The average molecular weight is 318 g/mol. The lowest BCUT2D eigenvalue weighted by molar-refractivity contribution is -0.124. The third kappa shape index (κ3) is 6.14. The first-order valence-electron chi connectivity index (χ1n) is 8.84. The van der Waals surface area contributed by atoms with Crippen LogP contribution in [0.25, 0.3) is 0 Å². The second kappa shape index (κ2) is 11.8. The van der Waals surface area contributed by atoms with Crippen LogP contribution in [0.15, 0.2) is 0 Å². The Balaban J connectivity index is 5.14. The molecule has 1 unspecified atom stereocenters. The van der Waals surface area contributed by atoms with Crippen molar-refractivity contribution < 1.29 is 0 Å². The SMILES string of the molecule is CCCCN(C)C(CP)(N(C)CCCC)N(C)CCCC. The second-order valence-corrected chi connectivity index (χ2v) is 6.71. The lowest BCUT2D eigenvalue weighted by Crippen LogP contribution is -2.68. The van der Waals surface area contributed by atoms with Gasteiger partial charge in [-0.3, -0.25) is 14.7 Å². The molecule has 0 aromatic rings. The Bertz CT molecular complexity index is 212. The first kappa shape index (κ1) is 21.3. The molecule has 0 aliphatic rings. The van der Waals surface area contributed by atoms with Crippen LogP contribution >= 0.6 is 9.24 Å². The fraction of sp³-hybridized carbons (Fsp3) is 1.00. The van der Waals surface area contributed by atoms with Gasteiger partial charge in [0.1, 0.15) is 5.79 Å². The molecular formula is C17H40N3P. The summed E-state index contributed by atoms with van der Waals surface area (Å²) in [7, 11) is 9.89. The summed E-state index contributed by atoms with van der Waals surface area (Å²) in [6.07, 6.45) is 8.65. The second-order valence-electron chi connectivity index (χ2n) is 6.30. The molecule has 21 heavy (non-hydrogen) atoms. The van der Waals surface area contributed by atoms with Crippen LogP contribution in [0.4, 0.5) is 0 Å². The van der Waals surface area contributed by atoms with Crippen molar-refractivity contribution in [1.29, 1.82) is 0 Å². The smallest absolute Gasteiger partial charge is 0.133 e. The van der Waals surface area contributed by atoms with Gasteiger partial charge in [0, 0.05) is 25.8 Å². The molecule has 0 aromatic carbocycles. The molecule has 0 radical (unpaired) electrons. The standard InChI is InChI=1S/C17H40N3P/c1-7-10-13-18(4)17(16-21,19(5)14-11-8-2)20(6)15-12-9-3/h7-16,21H2,1-6H3. The van der Waals surface area contributed by atoms with Gasteiger partial charge in [0.15, 0.2) is 0 Å². The maximum Gasteiger partial charge on any atom is 0.133 e. The monoisotopic (exact) mass is 317 g/mol. The zero-order valence-corrected chi connectivity index (χ0v) is 16.6. The fourth-order valence-corrected chi connectivity index (χ4v) is 4.00. The van der Waals surface area contributed by atoms with Crippen LogP contribution in [0, 0.1) is 0 Å².